The van der Waals surface area contributed by atoms with Crippen LogP contribution >= 0.6 is 0 Å². The molecule has 0 N–H and O–H groups in total. The molecule has 3 rings (SSSR count). The van der Waals surface area contributed by atoms with Crippen LogP contribution in [-0.2, 0) is 6.42 Å². The van der Waals surface area contributed by atoms with E-state index in [4.69, 9.17) is 4.74 Å². The molecule has 0 amide bonds. The number of carbonyl (C=O) groups excluding carboxylic acids is 1. The Morgan fingerprint density at radius 1 is 1.21 bits per heavy atom. The Morgan fingerprint density at radius 3 is 2.89 bits per heavy atom. The van der Waals surface area contributed by atoms with Gasteiger partial charge >= 0.3 is 0 Å². The van der Waals surface area contributed by atoms with Crippen molar-refractivity contribution >= 4 is 5.78 Å². The van der Waals surface area contributed by atoms with Crippen molar-refractivity contribution in [2.45, 2.75) is 13.3 Å². The molecule has 19 heavy (non-hydrogen) atoms. The van der Waals surface area contributed by atoms with Crippen LogP contribution in [0.1, 0.15) is 27.0 Å². The number of ether oxygens (including phenoxy) is 1. The van der Waals surface area contributed by atoms with Gasteiger partial charge in [0.05, 0.1) is 12.2 Å². The molecule has 0 spiro atoms. The minimum atomic E-state index is -0.479. The van der Waals surface area contributed by atoms with Crippen molar-refractivity contribution in [3.8, 4) is 5.75 Å². The van der Waals surface area contributed by atoms with Crippen molar-refractivity contribution in [2.75, 3.05) is 6.61 Å². The second-order valence-electron chi connectivity index (χ2n) is 4.73. The summed E-state index contributed by atoms with van der Waals surface area (Å²) in [7, 11) is 0. The van der Waals surface area contributed by atoms with Crippen LogP contribution in [0.2, 0.25) is 0 Å². The van der Waals surface area contributed by atoms with Gasteiger partial charge in [-0.3, -0.25) is 4.79 Å². The summed E-state index contributed by atoms with van der Waals surface area (Å²) >= 11 is 0. The van der Waals surface area contributed by atoms with Crippen LogP contribution in [0.25, 0.3) is 0 Å². The lowest BCUT2D eigenvalue weighted by Crippen LogP contribution is -2.05. The van der Waals surface area contributed by atoms with E-state index in [9.17, 15) is 9.18 Å². The van der Waals surface area contributed by atoms with Crippen molar-refractivity contribution in [1.82, 2.24) is 0 Å². The summed E-state index contributed by atoms with van der Waals surface area (Å²) in [6, 6.07) is 9.84. The zero-order chi connectivity index (χ0) is 13.4. The average Bonchev–Trinajstić information content (AvgIpc) is 2.88. The number of benzene rings is 2. The van der Waals surface area contributed by atoms with Crippen LogP contribution in [0.5, 0.6) is 5.75 Å². The Bertz CT molecular complexity index is 662. The molecule has 96 valence electrons. The molecule has 0 saturated carbocycles. The zero-order valence-electron chi connectivity index (χ0n) is 10.6. The van der Waals surface area contributed by atoms with E-state index in [1.165, 1.54) is 6.07 Å². The first-order valence-electron chi connectivity index (χ1n) is 6.22. The number of fused-ring (bicyclic) bond motifs is 1. The number of aryl methyl sites for hydroxylation is 1. The van der Waals surface area contributed by atoms with Gasteiger partial charge in [0.2, 0.25) is 0 Å². The smallest absolute Gasteiger partial charge is 0.195 e. The minimum absolute atomic E-state index is 0.124. The van der Waals surface area contributed by atoms with Gasteiger partial charge in [-0.05, 0) is 42.8 Å². The highest BCUT2D eigenvalue weighted by Crippen LogP contribution is 2.27. The van der Waals surface area contributed by atoms with Gasteiger partial charge in [-0.25, -0.2) is 4.39 Å². The van der Waals surface area contributed by atoms with Gasteiger partial charge in [0.15, 0.2) is 5.78 Å². The van der Waals surface area contributed by atoms with Gasteiger partial charge in [-0.2, -0.15) is 0 Å². The maximum atomic E-state index is 13.7. The molecular formula is C16H13FO2. The van der Waals surface area contributed by atoms with Crippen LogP contribution in [-0.4, -0.2) is 12.4 Å². The molecule has 0 radical (unpaired) electrons. The standard InChI is InChI=1S/C16H13FO2/c1-10-2-4-14(17)13(8-10)16(18)12-3-5-15-11(9-12)6-7-19-15/h2-5,8-9H,6-7H2,1H3. The number of ketones is 1. The molecule has 3 heteroatoms. The SMILES string of the molecule is Cc1ccc(F)c(C(=O)c2ccc3c(c2)CCO3)c1. The predicted molar refractivity (Wildman–Crippen MR) is 70.2 cm³/mol. The number of halogens is 1. The molecule has 0 aromatic heterocycles. The average molecular weight is 256 g/mol. The van der Waals surface area contributed by atoms with E-state index in [2.05, 4.69) is 0 Å². The van der Waals surface area contributed by atoms with Gasteiger partial charge in [0.1, 0.15) is 11.6 Å². The van der Waals surface area contributed by atoms with Gasteiger partial charge < -0.3 is 4.74 Å². The number of carbonyl (C=O) groups is 1. The molecule has 2 aromatic carbocycles. The summed E-state index contributed by atoms with van der Waals surface area (Å²) in [5.74, 6) is 0.0597. The van der Waals surface area contributed by atoms with E-state index in [0.29, 0.717) is 12.2 Å². The summed E-state index contributed by atoms with van der Waals surface area (Å²) in [6.07, 6.45) is 0.798. The van der Waals surface area contributed by atoms with E-state index in [0.717, 1.165) is 23.3 Å². The quantitative estimate of drug-likeness (QED) is 0.771. The highest BCUT2D eigenvalue weighted by molar-refractivity contribution is 6.09. The molecule has 0 saturated heterocycles. The van der Waals surface area contributed by atoms with Crippen molar-refractivity contribution in [3.63, 3.8) is 0 Å². The molecule has 1 aliphatic heterocycles. The lowest BCUT2D eigenvalue weighted by Gasteiger charge is -2.06. The van der Waals surface area contributed by atoms with E-state index in [1.54, 1.807) is 30.3 Å². The topological polar surface area (TPSA) is 26.3 Å². The molecule has 0 atom stereocenters. The largest absolute Gasteiger partial charge is 0.493 e. The molecule has 0 unspecified atom stereocenters. The van der Waals surface area contributed by atoms with Crippen LogP contribution in [0.4, 0.5) is 4.39 Å². The Hall–Kier alpha value is -2.16. The van der Waals surface area contributed by atoms with E-state index in [1.807, 2.05) is 6.92 Å². The van der Waals surface area contributed by atoms with Crippen molar-refractivity contribution < 1.29 is 13.9 Å². The van der Waals surface area contributed by atoms with Crippen LogP contribution in [0.3, 0.4) is 0 Å². The van der Waals surface area contributed by atoms with Gasteiger partial charge in [-0.1, -0.05) is 11.6 Å². The maximum Gasteiger partial charge on any atom is 0.195 e. The summed E-state index contributed by atoms with van der Waals surface area (Å²) in [4.78, 5) is 12.3. The fourth-order valence-electron chi connectivity index (χ4n) is 2.30. The van der Waals surface area contributed by atoms with Crippen LogP contribution in [0.15, 0.2) is 36.4 Å². The molecule has 1 heterocycles. The third-order valence-electron chi connectivity index (χ3n) is 3.32. The van der Waals surface area contributed by atoms with Crippen LogP contribution < -0.4 is 4.74 Å². The number of hydrogen-bond donors (Lipinski definition) is 0. The fourth-order valence-corrected chi connectivity index (χ4v) is 2.30. The summed E-state index contributed by atoms with van der Waals surface area (Å²) < 4.78 is 19.1. The Balaban J connectivity index is 2.02. The molecule has 0 fully saturated rings. The third kappa shape index (κ3) is 2.12. The normalized spacial score (nSPS) is 12.9. The predicted octanol–water partition coefficient (Wildman–Crippen LogP) is 3.30. The number of rotatable bonds is 2. The van der Waals surface area contributed by atoms with Crippen LogP contribution in [0, 0.1) is 12.7 Å². The fraction of sp³-hybridized carbons (Fsp3) is 0.188. The Kier molecular flexibility index (Phi) is 2.82. The minimum Gasteiger partial charge on any atom is -0.493 e. The summed E-state index contributed by atoms with van der Waals surface area (Å²) in [5.41, 5.74) is 2.51. The monoisotopic (exact) mass is 256 g/mol. The Labute approximate surface area is 110 Å². The molecule has 0 aliphatic carbocycles. The van der Waals surface area contributed by atoms with Gasteiger partial charge in [0.25, 0.3) is 0 Å². The highest BCUT2D eigenvalue weighted by Gasteiger charge is 2.18. The zero-order valence-corrected chi connectivity index (χ0v) is 10.6. The van der Waals surface area contributed by atoms with Crippen molar-refractivity contribution in [3.05, 3.63) is 64.5 Å². The van der Waals surface area contributed by atoms with Gasteiger partial charge in [-0.15, -0.1) is 0 Å². The van der Waals surface area contributed by atoms with E-state index in [-0.39, 0.29) is 11.3 Å². The van der Waals surface area contributed by atoms with Gasteiger partial charge in [0, 0.05) is 12.0 Å². The first kappa shape index (κ1) is 11.9. The first-order chi connectivity index (χ1) is 9.15. The molecule has 2 nitrogen and oxygen atoms in total. The molecule has 2 aromatic rings. The second-order valence-corrected chi connectivity index (χ2v) is 4.73. The molecule has 0 bridgehead atoms. The third-order valence-corrected chi connectivity index (χ3v) is 3.32. The Morgan fingerprint density at radius 2 is 2.05 bits per heavy atom. The molecular weight excluding hydrogens is 243 g/mol. The summed E-state index contributed by atoms with van der Waals surface area (Å²) in [6.45, 7) is 2.48. The number of hydrogen-bond acceptors (Lipinski definition) is 2. The van der Waals surface area contributed by atoms with E-state index < -0.39 is 5.82 Å². The highest BCUT2D eigenvalue weighted by atomic mass is 19.1. The van der Waals surface area contributed by atoms with E-state index >= 15 is 0 Å². The van der Waals surface area contributed by atoms with Crippen molar-refractivity contribution in [2.24, 2.45) is 0 Å². The second kappa shape index (κ2) is 4.50. The van der Waals surface area contributed by atoms with Crippen molar-refractivity contribution in [1.29, 1.82) is 0 Å². The first-order valence-corrected chi connectivity index (χ1v) is 6.22. The summed E-state index contributed by atoms with van der Waals surface area (Å²) in [5, 5.41) is 0. The lowest BCUT2D eigenvalue weighted by molar-refractivity contribution is 0.103. The lowest BCUT2D eigenvalue weighted by atomic mass is 9.99. The maximum absolute atomic E-state index is 13.7. The molecule has 1 aliphatic rings.